The molecule has 1 saturated heterocycles. The van der Waals surface area contributed by atoms with Crippen LogP contribution in [0.4, 0.5) is 4.39 Å². The van der Waals surface area contributed by atoms with Crippen LogP contribution < -0.4 is 0 Å². The summed E-state index contributed by atoms with van der Waals surface area (Å²) in [5.74, 6) is 0. The summed E-state index contributed by atoms with van der Waals surface area (Å²) in [5.41, 5.74) is 7.37. The van der Waals surface area contributed by atoms with Gasteiger partial charge in [-0.15, -0.1) is 0 Å². The molecule has 1 heterocycles. The summed E-state index contributed by atoms with van der Waals surface area (Å²) >= 11 is 0. The van der Waals surface area contributed by atoms with Gasteiger partial charge in [-0.2, -0.15) is 0 Å². The molecule has 1 rings (SSSR count). The van der Waals surface area contributed by atoms with Crippen molar-refractivity contribution < 1.29 is 37.1 Å². The van der Waals surface area contributed by atoms with E-state index >= 15 is 0 Å². The number of nitrogens with zero attached hydrogens (tertiary/aromatic N) is 1. The standard InChI is InChI=1S/C8H16FN2.Y/c1-8(2)5-11(3)4-6(9)7(8)10;/h6-7,10H,4-5H2,1-3H3;/q-1;. The molecule has 1 aliphatic heterocycles. The van der Waals surface area contributed by atoms with Crippen LogP contribution in [0.5, 0.6) is 0 Å². The molecule has 0 amide bonds. The Morgan fingerprint density at radius 3 is 2.42 bits per heavy atom. The van der Waals surface area contributed by atoms with Gasteiger partial charge in [-0.1, -0.05) is 19.9 Å². The van der Waals surface area contributed by atoms with E-state index in [9.17, 15) is 4.39 Å². The third kappa shape index (κ3) is 2.73. The van der Waals surface area contributed by atoms with Crippen molar-refractivity contribution in [3.8, 4) is 0 Å². The second kappa shape index (κ2) is 4.45. The second-order valence-corrected chi connectivity index (χ2v) is 4.18. The fraction of sp³-hybridized carbons (Fsp3) is 1.00. The number of hydrogen-bond acceptors (Lipinski definition) is 1. The van der Waals surface area contributed by atoms with Crippen LogP contribution >= 0.6 is 0 Å². The van der Waals surface area contributed by atoms with Gasteiger partial charge in [0.2, 0.25) is 0 Å². The zero-order valence-corrected chi connectivity index (χ0v) is 10.8. The summed E-state index contributed by atoms with van der Waals surface area (Å²) in [7, 11) is 1.90. The van der Waals surface area contributed by atoms with Crippen LogP contribution in [0.25, 0.3) is 5.73 Å². The Labute approximate surface area is 98.9 Å². The SMILES string of the molecule is CN1CC(F)C([NH-])C(C)(C)C1.[Y]. The first-order chi connectivity index (χ1) is 4.93. The predicted molar refractivity (Wildman–Crippen MR) is 44.3 cm³/mol. The van der Waals surface area contributed by atoms with E-state index in [2.05, 4.69) is 0 Å². The molecule has 1 N–H and O–H groups in total. The molecular weight excluding hydrogens is 232 g/mol. The molecule has 1 fully saturated rings. The number of nitrogens with one attached hydrogen (secondary N) is 1. The van der Waals surface area contributed by atoms with E-state index in [1.165, 1.54) is 0 Å². The molecule has 12 heavy (non-hydrogen) atoms. The molecule has 2 atom stereocenters. The number of piperidine rings is 1. The van der Waals surface area contributed by atoms with Crippen molar-refractivity contribution in [1.29, 1.82) is 0 Å². The normalized spacial score (nSPS) is 35.8. The second-order valence-electron chi connectivity index (χ2n) is 4.18. The first-order valence-electron chi connectivity index (χ1n) is 3.97. The van der Waals surface area contributed by atoms with Gasteiger partial charge in [-0.3, -0.25) is 0 Å². The molecule has 0 bridgehead atoms. The van der Waals surface area contributed by atoms with Gasteiger partial charge in [0.25, 0.3) is 0 Å². The van der Waals surface area contributed by atoms with Gasteiger partial charge in [-0.05, 0) is 12.5 Å². The van der Waals surface area contributed by atoms with Crippen molar-refractivity contribution in [2.24, 2.45) is 5.41 Å². The maximum absolute atomic E-state index is 13.1. The fourth-order valence-electron chi connectivity index (χ4n) is 1.75. The van der Waals surface area contributed by atoms with Crippen LogP contribution in [0.1, 0.15) is 13.8 Å². The summed E-state index contributed by atoms with van der Waals surface area (Å²) in [6.07, 6.45) is -0.983. The van der Waals surface area contributed by atoms with Crippen molar-refractivity contribution in [1.82, 2.24) is 4.90 Å². The predicted octanol–water partition coefficient (Wildman–Crippen LogP) is 1.71. The van der Waals surface area contributed by atoms with Crippen LogP contribution in [0.3, 0.4) is 0 Å². The Balaban J connectivity index is 0.00000121. The van der Waals surface area contributed by atoms with Gasteiger partial charge >= 0.3 is 0 Å². The minimum atomic E-state index is -0.983. The van der Waals surface area contributed by atoms with Gasteiger partial charge in [0.15, 0.2) is 0 Å². The number of rotatable bonds is 0. The molecule has 1 aliphatic rings. The molecule has 0 aromatic rings. The van der Waals surface area contributed by atoms with Crippen molar-refractivity contribution >= 4 is 0 Å². The minimum absolute atomic E-state index is 0. The number of hydrogen-bond donors (Lipinski definition) is 0. The van der Waals surface area contributed by atoms with E-state index in [1.807, 2.05) is 25.8 Å². The molecule has 2 nitrogen and oxygen atoms in total. The van der Waals surface area contributed by atoms with Crippen molar-refractivity contribution in [3.63, 3.8) is 0 Å². The molecule has 2 unspecified atom stereocenters. The monoisotopic (exact) mass is 248 g/mol. The maximum atomic E-state index is 13.1. The Morgan fingerprint density at radius 2 is 2.00 bits per heavy atom. The molecular formula is C8H16FN2Y-. The van der Waals surface area contributed by atoms with Crippen LogP contribution in [0, 0.1) is 5.41 Å². The molecule has 0 aliphatic carbocycles. The fourth-order valence-corrected chi connectivity index (χ4v) is 1.75. The zero-order valence-electron chi connectivity index (χ0n) is 7.97. The Morgan fingerprint density at radius 1 is 1.50 bits per heavy atom. The number of likely N-dealkylation sites (tertiary alicyclic amines) is 1. The van der Waals surface area contributed by atoms with E-state index in [1.54, 1.807) is 0 Å². The average Bonchev–Trinajstić information content (AvgIpc) is 1.81. The Kier molecular flexibility index (Phi) is 4.80. The van der Waals surface area contributed by atoms with Gasteiger partial charge in [-0.25, -0.2) is 4.39 Å². The topological polar surface area (TPSA) is 27.0 Å². The third-order valence-electron chi connectivity index (χ3n) is 2.37. The van der Waals surface area contributed by atoms with Gasteiger partial charge in [0, 0.05) is 45.8 Å². The van der Waals surface area contributed by atoms with Gasteiger partial charge in [0.1, 0.15) is 0 Å². The molecule has 0 aromatic heterocycles. The third-order valence-corrected chi connectivity index (χ3v) is 2.37. The summed E-state index contributed by atoms with van der Waals surface area (Å²) in [6, 6.07) is -0.557. The first-order valence-corrected chi connectivity index (χ1v) is 3.97. The molecule has 4 heteroatoms. The first kappa shape index (κ1) is 13.0. The molecule has 0 spiro atoms. The largest absolute Gasteiger partial charge is 0.672 e. The molecule has 1 radical (unpaired) electrons. The van der Waals surface area contributed by atoms with E-state index in [4.69, 9.17) is 5.73 Å². The molecule has 0 saturated carbocycles. The van der Waals surface area contributed by atoms with E-state index in [0.29, 0.717) is 6.54 Å². The Bertz CT molecular complexity index is 152. The summed E-state index contributed by atoms with van der Waals surface area (Å²) in [5, 5.41) is 0. The van der Waals surface area contributed by atoms with E-state index < -0.39 is 12.2 Å². The van der Waals surface area contributed by atoms with Crippen LogP contribution in [-0.2, 0) is 32.7 Å². The van der Waals surface area contributed by atoms with Crippen LogP contribution in [0.2, 0.25) is 0 Å². The summed E-state index contributed by atoms with van der Waals surface area (Å²) < 4.78 is 13.1. The van der Waals surface area contributed by atoms with E-state index in [0.717, 1.165) is 6.54 Å². The van der Waals surface area contributed by atoms with Crippen LogP contribution in [-0.4, -0.2) is 37.3 Å². The Hall–Kier alpha value is 0.954. The van der Waals surface area contributed by atoms with Gasteiger partial charge < -0.3 is 10.6 Å². The van der Waals surface area contributed by atoms with Crippen molar-refractivity contribution in [3.05, 3.63) is 5.73 Å². The minimum Gasteiger partial charge on any atom is -0.672 e. The smallest absolute Gasteiger partial charge is 0.0973 e. The summed E-state index contributed by atoms with van der Waals surface area (Å²) in [4.78, 5) is 1.95. The van der Waals surface area contributed by atoms with Gasteiger partial charge in [0.05, 0.1) is 6.17 Å². The quantitative estimate of drug-likeness (QED) is 0.641. The molecule has 0 aromatic carbocycles. The van der Waals surface area contributed by atoms with Crippen molar-refractivity contribution in [2.75, 3.05) is 20.1 Å². The summed E-state index contributed by atoms with van der Waals surface area (Å²) in [6.45, 7) is 5.14. The average molecular weight is 248 g/mol. The number of alkyl halides is 1. The van der Waals surface area contributed by atoms with Crippen molar-refractivity contribution in [2.45, 2.75) is 26.1 Å². The van der Waals surface area contributed by atoms with Crippen LogP contribution in [0.15, 0.2) is 0 Å². The maximum Gasteiger partial charge on any atom is 0.0973 e. The zero-order chi connectivity index (χ0) is 8.65. The molecule has 69 valence electrons. The number of halogens is 1. The van der Waals surface area contributed by atoms with E-state index in [-0.39, 0.29) is 38.1 Å².